The van der Waals surface area contributed by atoms with Crippen molar-refractivity contribution in [1.29, 1.82) is 0 Å². The van der Waals surface area contributed by atoms with Crippen molar-refractivity contribution >= 4 is 5.91 Å². The fourth-order valence-corrected chi connectivity index (χ4v) is 0.865. The number of carbonyl (C=O) groups excluding carboxylic acids is 1. The van der Waals surface area contributed by atoms with Crippen molar-refractivity contribution in [2.75, 3.05) is 20.6 Å². The van der Waals surface area contributed by atoms with Crippen molar-refractivity contribution in [2.45, 2.75) is 20.3 Å². The van der Waals surface area contributed by atoms with Gasteiger partial charge in [0.2, 0.25) is 5.91 Å². The standard InChI is InChI=1S/C7H16N2O/c1-5-7(10)9(6-2)8(3)4/h5-6H2,1-4H3. The first-order chi connectivity index (χ1) is 4.63. The van der Waals surface area contributed by atoms with Gasteiger partial charge in [-0.05, 0) is 6.92 Å². The first kappa shape index (κ1) is 9.43. The number of carbonyl (C=O) groups is 1. The summed E-state index contributed by atoms with van der Waals surface area (Å²) in [4.78, 5) is 11.1. The van der Waals surface area contributed by atoms with Crippen LogP contribution in [-0.2, 0) is 4.79 Å². The molecule has 0 bridgehead atoms. The molecule has 0 rings (SSSR count). The molecule has 0 N–H and O–H groups in total. The van der Waals surface area contributed by atoms with E-state index in [0.29, 0.717) is 6.42 Å². The fourth-order valence-electron chi connectivity index (χ4n) is 0.865. The van der Waals surface area contributed by atoms with Crippen LogP contribution >= 0.6 is 0 Å². The maximum Gasteiger partial charge on any atom is 0.236 e. The molecule has 10 heavy (non-hydrogen) atoms. The summed E-state index contributed by atoms with van der Waals surface area (Å²) in [5, 5.41) is 3.52. The monoisotopic (exact) mass is 144 g/mol. The van der Waals surface area contributed by atoms with Gasteiger partial charge in [0.1, 0.15) is 0 Å². The van der Waals surface area contributed by atoms with E-state index in [1.807, 2.05) is 33.0 Å². The maximum atomic E-state index is 11.1. The van der Waals surface area contributed by atoms with Crippen molar-refractivity contribution in [3.8, 4) is 0 Å². The van der Waals surface area contributed by atoms with Crippen LogP contribution in [0.2, 0.25) is 0 Å². The molecule has 60 valence electrons. The largest absolute Gasteiger partial charge is 0.276 e. The first-order valence-electron chi connectivity index (χ1n) is 3.61. The molecule has 1 amide bonds. The lowest BCUT2D eigenvalue weighted by Crippen LogP contribution is -2.41. The second-order valence-electron chi connectivity index (χ2n) is 2.31. The highest BCUT2D eigenvalue weighted by Crippen LogP contribution is 1.94. The SMILES string of the molecule is CCC(=O)N(CC)N(C)C. The topological polar surface area (TPSA) is 23.6 Å². The van der Waals surface area contributed by atoms with Gasteiger partial charge in [0.05, 0.1) is 0 Å². The maximum absolute atomic E-state index is 11.1. The summed E-state index contributed by atoms with van der Waals surface area (Å²) in [6.45, 7) is 4.59. The Morgan fingerprint density at radius 1 is 1.30 bits per heavy atom. The van der Waals surface area contributed by atoms with E-state index in [2.05, 4.69) is 0 Å². The van der Waals surface area contributed by atoms with Gasteiger partial charge in [0, 0.05) is 27.1 Å². The summed E-state index contributed by atoms with van der Waals surface area (Å²) >= 11 is 0. The van der Waals surface area contributed by atoms with Crippen LogP contribution in [0.1, 0.15) is 20.3 Å². The minimum atomic E-state index is 0.174. The van der Waals surface area contributed by atoms with Gasteiger partial charge in [0.25, 0.3) is 0 Å². The Kier molecular flexibility index (Phi) is 4.03. The summed E-state index contributed by atoms with van der Waals surface area (Å²) < 4.78 is 0. The van der Waals surface area contributed by atoms with Crippen molar-refractivity contribution in [3.05, 3.63) is 0 Å². The van der Waals surface area contributed by atoms with Gasteiger partial charge in [-0.2, -0.15) is 0 Å². The molecule has 0 saturated heterocycles. The van der Waals surface area contributed by atoms with E-state index in [-0.39, 0.29) is 5.91 Å². The van der Waals surface area contributed by atoms with Crippen molar-refractivity contribution in [1.82, 2.24) is 10.0 Å². The zero-order chi connectivity index (χ0) is 8.15. The molecule has 0 aromatic carbocycles. The lowest BCUT2D eigenvalue weighted by atomic mass is 10.4. The molecule has 0 aromatic rings. The Hall–Kier alpha value is -0.570. The van der Waals surface area contributed by atoms with Gasteiger partial charge in [-0.1, -0.05) is 6.92 Å². The fraction of sp³-hybridized carbons (Fsp3) is 0.857. The van der Waals surface area contributed by atoms with E-state index in [1.54, 1.807) is 5.01 Å². The minimum Gasteiger partial charge on any atom is -0.276 e. The van der Waals surface area contributed by atoms with Gasteiger partial charge in [0.15, 0.2) is 0 Å². The molecule has 0 fully saturated rings. The molecule has 0 aromatic heterocycles. The summed E-state index contributed by atoms with van der Waals surface area (Å²) in [5.74, 6) is 0.174. The molecule has 0 aliphatic rings. The van der Waals surface area contributed by atoms with Crippen molar-refractivity contribution in [3.63, 3.8) is 0 Å². The molecule has 0 saturated carbocycles. The molecule has 0 atom stereocenters. The third-order valence-electron chi connectivity index (χ3n) is 1.37. The molecule has 0 aliphatic carbocycles. The van der Waals surface area contributed by atoms with Gasteiger partial charge >= 0.3 is 0 Å². The normalized spacial score (nSPS) is 10.1. The second-order valence-corrected chi connectivity index (χ2v) is 2.31. The smallest absolute Gasteiger partial charge is 0.236 e. The van der Waals surface area contributed by atoms with E-state index >= 15 is 0 Å². The highest BCUT2D eigenvalue weighted by Gasteiger charge is 2.09. The number of nitrogens with zero attached hydrogens (tertiary/aromatic N) is 2. The number of amides is 1. The summed E-state index contributed by atoms with van der Waals surface area (Å²) in [5.41, 5.74) is 0. The van der Waals surface area contributed by atoms with Crippen LogP contribution in [0, 0.1) is 0 Å². The predicted octanol–water partition coefficient (Wildman–Crippen LogP) is 0.722. The number of hydrogen-bond acceptors (Lipinski definition) is 2. The van der Waals surface area contributed by atoms with E-state index in [4.69, 9.17) is 0 Å². The van der Waals surface area contributed by atoms with Gasteiger partial charge in [-0.15, -0.1) is 0 Å². The predicted molar refractivity (Wildman–Crippen MR) is 41.4 cm³/mol. The third kappa shape index (κ3) is 2.35. The molecule has 0 heterocycles. The molecule has 3 heteroatoms. The van der Waals surface area contributed by atoms with E-state index in [0.717, 1.165) is 6.54 Å². The van der Waals surface area contributed by atoms with Crippen LogP contribution in [0.3, 0.4) is 0 Å². The van der Waals surface area contributed by atoms with Crippen LogP contribution in [0.4, 0.5) is 0 Å². The summed E-state index contributed by atoms with van der Waals surface area (Å²) in [6.07, 6.45) is 0.575. The average Bonchev–Trinajstić information content (AvgIpc) is 1.88. The van der Waals surface area contributed by atoms with Crippen LogP contribution in [-0.4, -0.2) is 36.6 Å². The zero-order valence-corrected chi connectivity index (χ0v) is 7.22. The summed E-state index contributed by atoms with van der Waals surface area (Å²) in [7, 11) is 3.74. The minimum absolute atomic E-state index is 0.174. The zero-order valence-electron chi connectivity index (χ0n) is 7.22. The first-order valence-corrected chi connectivity index (χ1v) is 3.61. The highest BCUT2D eigenvalue weighted by atomic mass is 16.2. The quantitative estimate of drug-likeness (QED) is 0.545. The third-order valence-corrected chi connectivity index (χ3v) is 1.37. The van der Waals surface area contributed by atoms with E-state index in [1.165, 1.54) is 0 Å². The van der Waals surface area contributed by atoms with Crippen LogP contribution in [0.15, 0.2) is 0 Å². The molecule has 0 aliphatic heterocycles. The van der Waals surface area contributed by atoms with Gasteiger partial charge in [-0.3, -0.25) is 9.80 Å². The van der Waals surface area contributed by atoms with Crippen LogP contribution in [0.25, 0.3) is 0 Å². The number of hydrogen-bond donors (Lipinski definition) is 0. The lowest BCUT2D eigenvalue weighted by molar-refractivity contribution is -0.143. The Balaban J connectivity index is 3.93. The van der Waals surface area contributed by atoms with E-state index in [9.17, 15) is 4.79 Å². The van der Waals surface area contributed by atoms with Gasteiger partial charge in [-0.25, -0.2) is 5.01 Å². The summed E-state index contributed by atoms with van der Waals surface area (Å²) in [6, 6.07) is 0. The Labute approximate surface area is 62.6 Å². The molecular weight excluding hydrogens is 128 g/mol. The van der Waals surface area contributed by atoms with Crippen molar-refractivity contribution in [2.24, 2.45) is 0 Å². The van der Waals surface area contributed by atoms with Crippen LogP contribution in [0.5, 0.6) is 0 Å². The highest BCUT2D eigenvalue weighted by molar-refractivity contribution is 5.75. The average molecular weight is 144 g/mol. The van der Waals surface area contributed by atoms with E-state index < -0.39 is 0 Å². The van der Waals surface area contributed by atoms with Crippen LogP contribution < -0.4 is 0 Å². The second kappa shape index (κ2) is 4.28. The van der Waals surface area contributed by atoms with Crippen molar-refractivity contribution < 1.29 is 4.79 Å². The lowest BCUT2D eigenvalue weighted by Gasteiger charge is -2.26. The Bertz CT molecular complexity index is 112. The molecule has 0 unspecified atom stereocenters. The Morgan fingerprint density at radius 2 is 1.80 bits per heavy atom. The van der Waals surface area contributed by atoms with Gasteiger partial charge < -0.3 is 0 Å². The molecule has 0 spiro atoms. The molecular formula is C7H16N2O. The number of hydrazine groups is 1. The Morgan fingerprint density at radius 3 is 1.90 bits per heavy atom. The molecule has 0 radical (unpaired) electrons. The molecule has 3 nitrogen and oxygen atoms in total. The number of rotatable bonds is 3.